The summed E-state index contributed by atoms with van der Waals surface area (Å²) in [6.45, 7) is 0. The SMILES string of the molecule is NC(N)=NC(=O)c1ccc2c(c1)SCC2. The number of nitrogens with two attached hydrogens (primary N) is 2. The molecule has 4 nitrogen and oxygen atoms in total. The van der Waals surface area contributed by atoms with E-state index in [0.29, 0.717) is 5.56 Å². The predicted octanol–water partition coefficient (Wildman–Crippen LogP) is 0.748. The topological polar surface area (TPSA) is 81.5 Å². The Morgan fingerprint density at radius 3 is 2.93 bits per heavy atom. The molecule has 0 saturated heterocycles. The van der Waals surface area contributed by atoms with Crippen LogP contribution in [0, 0.1) is 0 Å². The molecule has 15 heavy (non-hydrogen) atoms. The van der Waals surface area contributed by atoms with Crippen LogP contribution in [0.2, 0.25) is 0 Å². The summed E-state index contributed by atoms with van der Waals surface area (Å²) in [5.41, 5.74) is 12.1. The first kappa shape index (κ1) is 10.0. The number of guanidine groups is 1. The highest BCUT2D eigenvalue weighted by atomic mass is 32.2. The largest absolute Gasteiger partial charge is 0.370 e. The number of hydrogen-bond acceptors (Lipinski definition) is 2. The Morgan fingerprint density at radius 2 is 2.20 bits per heavy atom. The van der Waals surface area contributed by atoms with E-state index in [1.54, 1.807) is 17.8 Å². The maximum atomic E-state index is 11.5. The molecule has 4 N–H and O–H groups in total. The van der Waals surface area contributed by atoms with E-state index < -0.39 is 0 Å². The van der Waals surface area contributed by atoms with Crippen molar-refractivity contribution < 1.29 is 4.79 Å². The first-order valence-corrected chi connectivity index (χ1v) is 5.55. The third-order valence-corrected chi connectivity index (χ3v) is 3.27. The number of fused-ring (bicyclic) bond motifs is 1. The summed E-state index contributed by atoms with van der Waals surface area (Å²) >= 11 is 1.76. The van der Waals surface area contributed by atoms with E-state index in [4.69, 9.17) is 11.5 Å². The minimum atomic E-state index is -0.384. The molecule has 0 aromatic heterocycles. The lowest BCUT2D eigenvalue weighted by Gasteiger charge is -2.00. The second-order valence-corrected chi connectivity index (χ2v) is 4.40. The second-order valence-electron chi connectivity index (χ2n) is 3.26. The molecular formula is C10H11N3OS. The number of carbonyl (C=O) groups excluding carboxylic acids is 1. The molecule has 1 aromatic carbocycles. The van der Waals surface area contributed by atoms with Crippen molar-refractivity contribution in [1.29, 1.82) is 0 Å². The summed E-state index contributed by atoms with van der Waals surface area (Å²) < 4.78 is 0. The number of nitrogens with zero attached hydrogens (tertiary/aromatic N) is 1. The van der Waals surface area contributed by atoms with Crippen molar-refractivity contribution in [3.8, 4) is 0 Å². The van der Waals surface area contributed by atoms with E-state index in [1.807, 2.05) is 12.1 Å². The summed E-state index contributed by atoms with van der Waals surface area (Å²) in [4.78, 5) is 16.2. The average Bonchev–Trinajstić information content (AvgIpc) is 2.62. The van der Waals surface area contributed by atoms with Crippen molar-refractivity contribution in [3.05, 3.63) is 29.3 Å². The van der Waals surface area contributed by atoms with Crippen LogP contribution in [0.4, 0.5) is 0 Å². The van der Waals surface area contributed by atoms with Crippen LogP contribution >= 0.6 is 11.8 Å². The summed E-state index contributed by atoms with van der Waals surface area (Å²) in [7, 11) is 0. The fraction of sp³-hybridized carbons (Fsp3) is 0.200. The Morgan fingerprint density at radius 1 is 1.40 bits per heavy atom. The maximum absolute atomic E-state index is 11.5. The standard InChI is InChI=1S/C10H11N3OS/c11-10(12)13-9(14)7-2-1-6-3-4-15-8(6)5-7/h1-2,5H,3-4H2,(H4,11,12,13,14). The van der Waals surface area contributed by atoms with E-state index in [-0.39, 0.29) is 11.9 Å². The Kier molecular flexibility index (Phi) is 2.64. The van der Waals surface area contributed by atoms with Crippen molar-refractivity contribution in [1.82, 2.24) is 0 Å². The number of carbonyl (C=O) groups is 1. The van der Waals surface area contributed by atoms with Crippen LogP contribution in [0.25, 0.3) is 0 Å². The molecule has 0 fully saturated rings. The van der Waals surface area contributed by atoms with Gasteiger partial charge >= 0.3 is 0 Å². The zero-order valence-electron chi connectivity index (χ0n) is 8.06. The normalized spacial score (nSPS) is 13.3. The zero-order valence-corrected chi connectivity index (χ0v) is 8.88. The molecule has 1 aliphatic heterocycles. The van der Waals surface area contributed by atoms with Crippen molar-refractivity contribution in [3.63, 3.8) is 0 Å². The summed E-state index contributed by atoms with van der Waals surface area (Å²) in [6, 6.07) is 5.58. The average molecular weight is 221 g/mol. The van der Waals surface area contributed by atoms with Gasteiger partial charge < -0.3 is 11.5 Å². The van der Waals surface area contributed by atoms with Gasteiger partial charge in [-0.15, -0.1) is 11.8 Å². The van der Waals surface area contributed by atoms with E-state index in [1.165, 1.54) is 5.56 Å². The molecule has 1 heterocycles. The Bertz CT molecular complexity index is 438. The number of hydrogen-bond donors (Lipinski definition) is 2. The van der Waals surface area contributed by atoms with Crippen LogP contribution in [0.5, 0.6) is 0 Å². The molecule has 0 spiro atoms. The van der Waals surface area contributed by atoms with Crippen LogP contribution < -0.4 is 11.5 Å². The van der Waals surface area contributed by atoms with Gasteiger partial charge in [0.2, 0.25) is 0 Å². The van der Waals surface area contributed by atoms with Crippen LogP contribution in [-0.2, 0) is 6.42 Å². The minimum absolute atomic E-state index is 0.201. The van der Waals surface area contributed by atoms with Gasteiger partial charge in [0.15, 0.2) is 5.96 Å². The molecule has 1 amide bonds. The van der Waals surface area contributed by atoms with Crippen LogP contribution in [0.1, 0.15) is 15.9 Å². The van der Waals surface area contributed by atoms with Gasteiger partial charge in [0.25, 0.3) is 5.91 Å². The van der Waals surface area contributed by atoms with Crippen LogP contribution in [-0.4, -0.2) is 17.6 Å². The molecule has 1 aromatic rings. The van der Waals surface area contributed by atoms with Crippen LogP contribution in [0.15, 0.2) is 28.1 Å². The van der Waals surface area contributed by atoms with Crippen molar-refractivity contribution >= 4 is 23.6 Å². The lowest BCUT2D eigenvalue weighted by Crippen LogP contribution is -2.24. The van der Waals surface area contributed by atoms with Gasteiger partial charge in [0.05, 0.1) is 0 Å². The Hall–Kier alpha value is -1.49. The summed E-state index contributed by atoms with van der Waals surface area (Å²) in [5, 5.41) is 0. The predicted molar refractivity (Wildman–Crippen MR) is 61.0 cm³/mol. The van der Waals surface area contributed by atoms with Gasteiger partial charge in [-0.05, 0) is 24.1 Å². The quantitative estimate of drug-likeness (QED) is 0.541. The molecule has 0 bridgehead atoms. The molecule has 0 aliphatic carbocycles. The zero-order chi connectivity index (χ0) is 10.8. The Labute approximate surface area is 91.7 Å². The molecule has 0 atom stereocenters. The number of amides is 1. The highest BCUT2D eigenvalue weighted by Crippen LogP contribution is 2.31. The van der Waals surface area contributed by atoms with E-state index in [0.717, 1.165) is 17.1 Å². The minimum Gasteiger partial charge on any atom is -0.370 e. The highest BCUT2D eigenvalue weighted by Gasteiger charge is 2.14. The van der Waals surface area contributed by atoms with Gasteiger partial charge in [-0.2, -0.15) is 4.99 Å². The number of aliphatic imine (C=N–C) groups is 1. The molecule has 1 aliphatic rings. The monoisotopic (exact) mass is 221 g/mol. The number of benzene rings is 1. The number of thioether (sulfide) groups is 1. The summed E-state index contributed by atoms with van der Waals surface area (Å²) in [5.74, 6) is 0.494. The molecular weight excluding hydrogens is 210 g/mol. The van der Waals surface area contributed by atoms with Crippen molar-refractivity contribution in [2.45, 2.75) is 11.3 Å². The summed E-state index contributed by atoms with van der Waals surface area (Å²) in [6.07, 6.45) is 1.07. The van der Waals surface area contributed by atoms with Gasteiger partial charge in [-0.3, -0.25) is 4.79 Å². The third kappa shape index (κ3) is 2.12. The smallest absolute Gasteiger partial charge is 0.280 e. The molecule has 0 unspecified atom stereocenters. The lowest BCUT2D eigenvalue weighted by atomic mass is 10.1. The van der Waals surface area contributed by atoms with Crippen LogP contribution in [0.3, 0.4) is 0 Å². The fourth-order valence-electron chi connectivity index (χ4n) is 1.48. The van der Waals surface area contributed by atoms with E-state index in [9.17, 15) is 4.79 Å². The highest BCUT2D eigenvalue weighted by molar-refractivity contribution is 7.99. The first-order valence-electron chi connectivity index (χ1n) is 4.56. The van der Waals surface area contributed by atoms with Gasteiger partial charge in [-0.1, -0.05) is 6.07 Å². The molecule has 78 valence electrons. The molecule has 0 radical (unpaired) electrons. The molecule has 0 saturated carbocycles. The van der Waals surface area contributed by atoms with Crippen molar-refractivity contribution in [2.24, 2.45) is 16.5 Å². The second kappa shape index (κ2) is 3.94. The van der Waals surface area contributed by atoms with Gasteiger partial charge in [-0.25, -0.2) is 0 Å². The first-order chi connectivity index (χ1) is 7.16. The molecule has 5 heteroatoms. The van der Waals surface area contributed by atoms with E-state index >= 15 is 0 Å². The number of aryl methyl sites for hydroxylation is 1. The van der Waals surface area contributed by atoms with E-state index in [2.05, 4.69) is 4.99 Å². The molecule has 2 rings (SSSR count). The van der Waals surface area contributed by atoms with Gasteiger partial charge in [0, 0.05) is 16.2 Å². The lowest BCUT2D eigenvalue weighted by molar-refractivity contribution is 0.100. The maximum Gasteiger partial charge on any atom is 0.280 e. The van der Waals surface area contributed by atoms with Crippen molar-refractivity contribution in [2.75, 3.05) is 5.75 Å². The third-order valence-electron chi connectivity index (χ3n) is 2.17. The Balaban J connectivity index is 2.31. The van der Waals surface area contributed by atoms with Gasteiger partial charge in [0.1, 0.15) is 0 Å². The fourth-order valence-corrected chi connectivity index (χ4v) is 2.59. The number of rotatable bonds is 1.